The van der Waals surface area contributed by atoms with Crippen LogP contribution in [0.2, 0.25) is 18.1 Å². The third kappa shape index (κ3) is 7.30. The normalized spacial score (nSPS) is 22.7. The van der Waals surface area contributed by atoms with E-state index in [1.54, 1.807) is 0 Å². The Morgan fingerprint density at radius 2 is 1.14 bits per heavy atom. The van der Waals surface area contributed by atoms with Crippen LogP contribution in [-0.2, 0) is 38.6 Å². The van der Waals surface area contributed by atoms with Gasteiger partial charge in [-0.05, 0) is 34.8 Å². The first-order valence-electron chi connectivity index (χ1n) is 14.9. The van der Waals surface area contributed by atoms with E-state index in [0.717, 1.165) is 16.7 Å². The van der Waals surface area contributed by atoms with Crippen LogP contribution in [0, 0.1) is 0 Å². The lowest BCUT2D eigenvalue weighted by atomic mass is 9.80. The summed E-state index contributed by atoms with van der Waals surface area (Å²) in [7, 11) is -2.50. The Hall–Kier alpha value is -3.34. The van der Waals surface area contributed by atoms with Gasteiger partial charge in [0.15, 0.2) is 26.8 Å². The zero-order valence-corrected chi connectivity index (χ0v) is 27.6. The summed E-state index contributed by atoms with van der Waals surface area (Å²) in [6, 6.07) is 29.4. The second-order valence-electron chi connectivity index (χ2n) is 12.6. The molecule has 0 saturated carbocycles. The van der Waals surface area contributed by atoms with Crippen LogP contribution in [-0.4, -0.2) is 62.7 Å². The molecule has 8 nitrogen and oxygen atoms in total. The Kier molecular flexibility index (Phi) is 10.5. The summed E-state index contributed by atoms with van der Waals surface area (Å²) in [5, 5.41) is 11.2. The monoisotopic (exact) mass is 620 g/mol. The minimum atomic E-state index is -2.50. The lowest BCUT2D eigenvalue weighted by Gasteiger charge is -2.48. The molecule has 1 fully saturated rings. The van der Waals surface area contributed by atoms with Crippen molar-refractivity contribution < 1.29 is 38.1 Å². The maximum absolute atomic E-state index is 12.4. The highest BCUT2D eigenvalue weighted by Crippen LogP contribution is 2.43. The zero-order chi connectivity index (χ0) is 32.1. The number of benzene rings is 3. The summed E-state index contributed by atoms with van der Waals surface area (Å²) < 4.78 is 31.1. The van der Waals surface area contributed by atoms with Crippen LogP contribution in [0.15, 0.2) is 91.0 Å². The van der Waals surface area contributed by atoms with Gasteiger partial charge in [-0.3, -0.25) is 9.59 Å². The van der Waals surface area contributed by atoms with Gasteiger partial charge in [-0.25, -0.2) is 0 Å². The molecule has 4 rings (SSSR count). The van der Waals surface area contributed by atoms with Crippen LogP contribution in [0.4, 0.5) is 0 Å². The highest BCUT2D eigenvalue weighted by molar-refractivity contribution is 6.74. The lowest BCUT2D eigenvalue weighted by Crippen LogP contribution is -2.64. The molecule has 1 heterocycles. The van der Waals surface area contributed by atoms with Crippen molar-refractivity contribution in [2.45, 2.75) is 89.1 Å². The van der Waals surface area contributed by atoms with Gasteiger partial charge in [0.25, 0.3) is 0 Å². The third-order valence-electron chi connectivity index (χ3n) is 8.46. The fraction of sp³-hybridized carbons (Fsp3) is 0.429. The first-order valence-corrected chi connectivity index (χ1v) is 17.8. The molecule has 1 aliphatic heterocycles. The smallest absolute Gasteiger partial charge is 0.303 e. The van der Waals surface area contributed by atoms with Crippen LogP contribution in [0.25, 0.3) is 0 Å². The summed E-state index contributed by atoms with van der Waals surface area (Å²) in [4.78, 5) is 24.8. The number of ether oxygens (including phenoxy) is 4. The molecule has 0 amide bonds. The largest absolute Gasteiger partial charge is 0.456 e. The van der Waals surface area contributed by atoms with Crippen LogP contribution in [0.5, 0.6) is 0 Å². The number of rotatable bonds is 10. The maximum Gasteiger partial charge on any atom is 0.303 e. The minimum absolute atomic E-state index is 0.127. The molecule has 3 aromatic carbocycles. The average molecular weight is 621 g/mol. The van der Waals surface area contributed by atoms with Crippen molar-refractivity contribution in [3.05, 3.63) is 108 Å². The van der Waals surface area contributed by atoms with E-state index in [1.165, 1.54) is 13.8 Å². The number of carbonyl (C=O) groups is 2. The van der Waals surface area contributed by atoms with E-state index in [0.29, 0.717) is 0 Å². The van der Waals surface area contributed by atoms with E-state index >= 15 is 0 Å². The molecule has 9 heteroatoms. The van der Waals surface area contributed by atoms with Gasteiger partial charge in [-0.2, -0.15) is 0 Å². The molecule has 0 aliphatic carbocycles. The maximum atomic E-state index is 12.4. The van der Waals surface area contributed by atoms with E-state index < -0.39 is 56.6 Å². The fourth-order valence-electron chi connectivity index (χ4n) is 5.31. The van der Waals surface area contributed by atoms with Crippen molar-refractivity contribution in [1.29, 1.82) is 0 Å². The van der Waals surface area contributed by atoms with Gasteiger partial charge in [0.05, 0.1) is 6.61 Å². The first kappa shape index (κ1) is 33.5. The van der Waals surface area contributed by atoms with Crippen LogP contribution >= 0.6 is 0 Å². The van der Waals surface area contributed by atoms with E-state index in [1.807, 2.05) is 104 Å². The Morgan fingerprint density at radius 3 is 1.52 bits per heavy atom. The quantitative estimate of drug-likeness (QED) is 0.168. The number of hydrogen-bond donors (Lipinski definition) is 1. The molecule has 1 aliphatic rings. The van der Waals surface area contributed by atoms with Crippen LogP contribution in [0.1, 0.15) is 51.3 Å². The number of carbonyl (C=O) groups excluding carboxylic acids is 2. The topological polar surface area (TPSA) is 101 Å². The number of hydrogen-bond acceptors (Lipinski definition) is 8. The molecule has 0 spiro atoms. The van der Waals surface area contributed by atoms with Gasteiger partial charge in [0.1, 0.15) is 17.8 Å². The van der Waals surface area contributed by atoms with Gasteiger partial charge in [-0.15, -0.1) is 0 Å². The summed E-state index contributed by atoms with van der Waals surface area (Å²) >= 11 is 0. The van der Waals surface area contributed by atoms with E-state index in [4.69, 9.17) is 23.4 Å². The lowest BCUT2D eigenvalue weighted by molar-refractivity contribution is -0.293. The predicted octanol–water partition coefficient (Wildman–Crippen LogP) is 5.97. The van der Waals surface area contributed by atoms with E-state index in [2.05, 4.69) is 20.8 Å². The summed E-state index contributed by atoms with van der Waals surface area (Å²) in [5.74, 6) is -1.19. The molecule has 236 valence electrons. The van der Waals surface area contributed by atoms with Crippen molar-refractivity contribution >= 4 is 20.3 Å². The molecule has 0 radical (unpaired) electrons. The molecule has 0 unspecified atom stereocenters. The van der Waals surface area contributed by atoms with Gasteiger partial charge in [-0.1, -0.05) is 112 Å². The summed E-state index contributed by atoms with van der Waals surface area (Å²) in [6.45, 7) is 12.7. The van der Waals surface area contributed by atoms with Crippen LogP contribution < -0.4 is 0 Å². The van der Waals surface area contributed by atoms with Crippen molar-refractivity contribution in [2.75, 3.05) is 6.61 Å². The van der Waals surface area contributed by atoms with Crippen molar-refractivity contribution in [2.24, 2.45) is 0 Å². The highest BCUT2D eigenvalue weighted by Gasteiger charge is 2.54. The second kappa shape index (κ2) is 13.7. The van der Waals surface area contributed by atoms with Crippen molar-refractivity contribution in [3.8, 4) is 0 Å². The first-order chi connectivity index (χ1) is 20.8. The predicted molar refractivity (Wildman–Crippen MR) is 169 cm³/mol. The molecular formula is C35H44O8Si. The summed E-state index contributed by atoms with van der Waals surface area (Å²) in [6.07, 6.45) is -5.82. The number of aliphatic hydroxyl groups is 1. The van der Waals surface area contributed by atoms with E-state index in [9.17, 15) is 14.7 Å². The second-order valence-corrected chi connectivity index (χ2v) is 17.4. The molecule has 1 saturated heterocycles. The third-order valence-corrected chi connectivity index (χ3v) is 12.9. The SMILES string of the molecule is CC(=O)O[C@@H]1[C@@H](O[Si](C)(C)C(C)(C)C)[C@@H](O)O[C@H](COC(c2ccccc2)(c2ccccc2)c2ccccc2)[C@@H]1OC(C)=O. The molecule has 0 aromatic heterocycles. The minimum Gasteiger partial charge on any atom is -0.456 e. The number of esters is 2. The molecule has 3 aromatic rings. The fourth-order valence-corrected chi connectivity index (χ4v) is 6.59. The Balaban J connectivity index is 1.78. The zero-order valence-electron chi connectivity index (χ0n) is 26.6. The van der Waals surface area contributed by atoms with Crippen molar-refractivity contribution in [1.82, 2.24) is 0 Å². The van der Waals surface area contributed by atoms with Gasteiger partial charge >= 0.3 is 11.9 Å². The standard InChI is InChI=1S/C35H44O8Si/c1-24(36)40-30-29(42-33(38)32(31(30)41-25(2)37)43-44(6,7)34(3,4)5)23-39-35(26-17-11-8-12-18-26,27-19-13-9-14-20-27)28-21-15-10-16-22-28/h8-22,29-33,38H,23H2,1-7H3/t29-,30+,31+,32-,33+/m1/s1. The number of aliphatic hydroxyl groups excluding tert-OH is 1. The molecule has 1 N–H and O–H groups in total. The van der Waals surface area contributed by atoms with E-state index in [-0.39, 0.29) is 11.6 Å². The Bertz CT molecular complexity index is 1280. The molecule has 44 heavy (non-hydrogen) atoms. The summed E-state index contributed by atoms with van der Waals surface area (Å²) in [5.41, 5.74) is 1.51. The van der Waals surface area contributed by atoms with Crippen molar-refractivity contribution in [3.63, 3.8) is 0 Å². The highest BCUT2D eigenvalue weighted by atomic mass is 28.4. The molecule has 5 atom stereocenters. The molecule has 0 bridgehead atoms. The van der Waals surface area contributed by atoms with Crippen LogP contribution in [0.3, 0.4) is 0 Å². The van der Waals surface area contributed by atoms with Gasteiger partial charge in [0, 0.05) is 13.8 Å². The molecular weight excluding hydrogens is 576 g/mol. The average Bonchev–Trinajstić information content (AvgIpc) is 2.97. The Labute approximate surface area is 261 Å². The Morgan fingerprint density at radius 1 is 0.727 bits per heavy atom. The van der Waals surface area contributed by atoms with Gasteiger partial charge < -0.3 is 28.5 Å². The van der Waals surface area contributed by atoms with Gasteiger partial charge in [0.2, 0.25) is 0 Å².